The molecule has 1 aliphatic heterocycles. The van der Waals surface area contributed by atoms with Crippen LogP contribution in [0.15, 0.2) is 36.5 Å². The summed E-state index contributed by atoms with van der Waals surface area (Å²) in [5.41, 5.74) is 1.78. The monoisotopic (exact) mass is 341 g/mol. The van der Waals surface area contributed by atoms with Crippen LogP contribution in [-0.2, 0) is 11.3 Å². The number of rotatable bonds is 2. The molecule has 0 saturated carbocycles. The zero-order chi connectivity index (χ0) is 18.0. The zero-order valence-electron chi connectivity index (χ0n) is 15.5. The molecule has 3 rings (SSSR count). The standard InChI is InChI=1S/C20H27N3O2/c1-15-13-23(19(24)25-20(2,3)4)10-9-22(15)14-16-11-17-7-5-6-8-18(17)21-12-16/h5-8,11-12,15H,9-10,13-14H2,1-4H3/t15-/m0/s1. The number of amides is 1. The van der Waals surface area contributed by atoms with E-state index in [1.807, 2.05) is 50.1 Å². The Morgan fingerprint density at radius 2 is 2.04 bits per heavy atom. The van der Waals surface area contributed by atoms with Crippen LogP contribution in [0.4, 0.5) is 4.79 Å². The summed E-state index contributed by atoms with van der Waals surface area (Å²) in [6.07, 6.45) is 1.74. The minimum Gasteiger partial charge on any atom is -0.444 e. The van der Waals surface area contributed by atoms with E-state index >= 15 is 0 Å². The third-order valence-electron chi connectivity index (χ3n) is 4.45. The summed E-state index contributed by atoms with van der Waals surface area (Å²) in [5, 5.41) is 1.17. The lowest BCUT2D eigenvalue weighted by Crippen LogP contribution is -2.54. The molecular formula is C20H27N3O2. The maximum absolute atomic E-state index is 12.2. The number of fused-ring (bicyclic) bond motifs is 1. The molecule has 25 heavy (non-hydrogen) atoms. The minimum atomic E-state index is -0.450. The van der Waals surface area contributed by atoms with Gasteiger partial charge in [-0.1, -0.05) is 18.2 Å². The van der Waals surface area contributed by atoms with Crippen molar-refractivity contribution < 1.29 is 9.53 Å². The molecule has 1 fully saturated rings. The quantitative estimate of drug-likeness (QED) is 0.836. The smallest absolute Gasteiger partial charge is 0.410 e. The molecule has 2 heterocycles. The highest BCUT2D eigenvalue weighted by Crippen LogP contribution is 2.19. The van der Waals surface area contributed by atoms with Gasteiger partial charge < -0.3 is 9.64 Å². The molecule has 134 valence electrons. The van der Waals surface area contributed by atoms with Crippen molar-refractivity contribution in [2.24, 2.45) is 0 Å². The minimum absolute atomic E-state index is 0.216. The highest BCUT2D eigenvalue weighted by molar-refractivity contribution is 5.78. The summed E-state index contributed by atoms with van der Waals surface area (Å²) in [5.74, 6) is 0. The van der Waals surface area contributed by atoms with Crippen LogP contribution >= 0.6 is 0 Å². The molecule has 0 aliphatic carbocycles. The van der Waals surface area contributed by atoms with Gasteiger partial charge in [-0.25, -0.2) is 4.79 Å². The Labute approximate surface area is 149 Å². The van der Waals surface area contributed by atoms with Crippen molar-refractivity contribution in [2.45, 2.75) is 45.9 Å². The van der Waals surface area contributed by atoms with Crippen LogP contribution < -0.4 is 0 Å². The van der Waals surface area contributed by atoms with Crippen LogP contribution in [0.5, 0.6) is 0 Å². The number of ether oxygens (including phenoxy) is 1. The number of aromatic nitrogens is 1. The van der Waals surface area contributed by atoms with E-state index in [0.29, 0.717) is 13.1 Å². The SMILES string of the molecule is C[C@H]1CN(C(=O)OC(C)(C)C)CCN1Cc1cnc2ccccc2c1. The van der Waals surface area contributed by atoms with Crippen molar-refractivity contribution >= 4 is 17.0 Å². The summed E-state index contributed by atoms with van der Waals surface area (Å²) in [7, 11) is 0. The average Bonchev–Trinajstić information content (AvgIpc) is 2.55. The Morgan fingerprint density at radius 3 is 2.76 bits per heavy atom. The maximum Gasteiger partial charge on any atom is 0.410 e. The number of para-hydroxylation sites is 1. The lowest BCUT2D eigenvalue weighted by molar-refractivity contribution is 0.00460. The number of carbonyl (C=O) groups excluding carboxylic acids is 1. The first-order chi connectivity index (χ1) is 11.8. The predicted molar refractivity (Wildman–Crippen MR) is 99.4 cm³/mol. The van der Waals surface area contributed by atoms with Crippen molar-refractivity contribution in [1.82, 2.24) is 14.8 Å². The van der Waals surface area contributed by atoms with E-state index in [1.54, 1.807) is 0 Å². The number of carbonyl (C=O) groups is 1. The van der Waals surface area contributed by atoms with Crippen molar-refractivity contribution in [1.29, 1.82) is 0 Å². The lowest BCUT2D eigenvalue weighted by atomic mass is 10.1. The van der Waals surface area contributed by atoms with Crippen molar-refractivity contribution in [3.63, 3.8) is 0 Å². The Hall–Kier alpha value is -2.14. The molecule has 1 saturated heterocycles. The summed E-state index contributed by atoms with van der Waals surface area (Å²) in [6.45, 7) is 10.9. The number of nitrogens with zero attached hydrogens (tertiary/aromatic N) is 3. The molecule has 1 aromatic carbocycles. The van der Waals surface area contributed by atoms with Gasteiger partial charge >= 0.3 is 6.09 Å². The van der Waals surface area contributed by atoms with Crippen molar-refractivity contribution in [3.8, 4) is 0 Å². The molecule has 1 amide bonds. The molecule has 0 radical (unpaired) electrons. The molecule has 2 aromatic rings. The highest BCUT2D eigenvalue weighted by atomic mass is 16.6. The average molecular weight is 341 g/mol. The molecule has 1 atom stereocenters. The van der Waals surface area contributed by atoms with E-state index in [4.69, 9.17) is 4.74 Å². The van der Waals surface area contributed by atoms with Crippen LogP contribution in [0.1, 0.15) is 33.3 Å². The number of hydrogen-bond acceptors (Lipinski definition) is 4. The fourth-order valence-corrected chi connectivity index (χ4v) is 3.16. The number of piperazine rings is 1. The molecule has 0 unspecified atom stereocenters. The largest absolute Gasteiger partial charge is 0.444 e. The summed E-state index contributed by atoms with van der Waals surface area (Å²) in [4.78, 5) is 21.0. The highest BCUT2D eigenvalue weighted by Gasteiger charge is 2.29. The van der Waals surface area contributed by atoms with Gasteiger partial charge in [-0.15, -0.1) is 0 Å². The first-order valence-electron chi connectivity index (χ1n) is 8.87. The maximum atomic E-state index is 12.2. The Bertz CT molecular complexity index is 754. The van der Waals surface area contributed by atoms with E-state index in [0.717, 1.165) is 18.6 Å². The lowest BCUT2D eigenvalue weighted by Gasteiger charge is -2.40. The van der Waals surface area contributed by atoms with Gasteiger partial charge in [-0.3, -0.25) is 9.88 Å². The first-order valence-corrected chi connectivity index (χ1v) is 8.87. The molecule has 5 heteroatoms. The van der Waals surface area contributed by atoms with Gasteiger partial charge in [-0.2, -0.15) is 0 Å². The van der Waals surface area contributed by atoms with E-state index in [-0.39, 0.29) is 12.1 Å². The second-order valence-corrected chi connectivity index (χ2v) is 7.78. The predicted octanol–water partition coefficient (Wildman–Crippen LogP) is 3.68. The van der Waals surface area contributed by atoms with Gasteiger partial charge in [0, 0.05) is 43.8 Å². The van der Waals surface area contributed by atoms with E-state index in [9.17, 15) is 4.79 Å². The fourth-order valence-electron chi connectivity index (χ4n) is 3.16. The van der Waals surface area contributed by atoms with E-state index < -0.39 is 5.60 Å². The molecule has 0 bridgehead atoms. The van der Waals surface area contributed by atoms with Gasteiger partial charge in [-0.05, 0) is 45.4 Å². The molecule has 1 aromatic heterocycles. The van der Waals surface area contributed by atoms with Crippen LogP contribution in [-0.4, -0.2) is 52.2 Å². The second kappa shape index (κ2) is 7.00. The Morgan fingerprint density at radius 1 is 1.28 bits per heavy atom. The molecular weight excluding hydrogens is 314 g/mol. The van der Waals surface area contributed by atoms with Gasteiger partial charge in [0.1, 0.15) is 5.60 Å². The molecule has 0 spiro atoms. The summed E-state index contributed by atoms with van der Waals surface area (Å²) >= 11 is 0. The van der Waals surface area contributed by atoms with Gasteiger partial charge in [0.15, 0.2) is 0 Å². The second-order valence-electron chi connectivity index (χ2n) is 7.78. The van der Waals surface area contributed by atoms with Crippen LogP contribution in [0, 0.1) is 0 Å². The summed E-state index contributed by atoms with van der Waals surface area (Å²) in [6, 6.07) is 10.7. The van der Waals surface area contributed by atoms with Crippen LogP contribution in [0.25, 0.3) is 10.9 Å². The van der Waals surface area contributed by atoms with Gasteiger partial charge in [0.05, 0.1) is 5.52 Å². The van der Waals surface area contributed by atoms with Crippen molar-refractivity contribution in [2.75, 3.05) is 19.6 Å². The normalized spacial score (nSPS) is 19.2. The first kappa shape index (κ1) is 17.7. The molecule has 5 nitrogen and oxygen atoms in total. The fraction of sp³-hybridized carbons (Fsp3) is 0.500. The third-order valence-corrected chi connectivity index (χ3v) is 4.45. The van der Waals surface area contributed by atoms with Crippen LogP contribution in [0.3, 0.4) is 0 Å². The van der Waals surface area contributed by atoms with E-state index in [2.05, 4.69) is 28.9 Å². The van der Waals surface area contributed by atoms with E-state index in [1.165, 1.54) is 10.9 Å². The van der Waals surface area contributed by atoms with Crippen molar-refractivity contribution in [3.05, 3.63) is 42.1 Å². The molecule has 0 N–H and O–H groups in total. The number of benzene rings is 1. The molecule has 1 aliphatic rings. The summed E-state index contributed by atoms with van der Waals surface area (Å²) < 4.78 is 5.49. The van der Waals surface area contributed by atoms with Gasteiger partial charge in [0.25, 0.3) is 0 Å². The zero-order valence-corrected chi connectivity index (χ0v) is 15.5. The topological polar surface area (TPSA) is 45.7 Å². The Balaban J connectivity index is 1.62. The number of pyridine rings is 1. The third kappa shape index (κ3) is 4.48. The van der Waals surface area contributed by atoms with Gasteiger partial charge in [0.2, 0.25) is 0 Å². The number of hydrogen-bond donors (Lipinski definition) is 0. The Kier molecular flexibility index (Phi) is 4.95. The van der Waals surface area contributed by atoms with Crippen LogP contribution in [0.2, 0.25) is 0 Å².